The molecule has 0 aromatic heterocycles. The van der Waals surface area contributed by atoms with Crippen LogP contribution in [-0.2, 0) is 14.0 Å². The molecule has 0 saturated heterocycles. The van der Waals surface area contributed by atoms with Crippen LogP contribution in [0.25, 0.3) is 0 Å². The normalized spacial score (nSPS) is 10.0. The van der Waals surface area contributed by atoms with Gasteiger partial charge in [0.1, 0.15) is 0 Å². The van der Waals surface area contributed by atoms with Crippen molar-refractivity contribution in [2.45, 2.75) is 19.4 Å². The van der Waals surface area contributed by atoms with Gasteiger partial charge in [0.15, 0.2) is 9.76 Å². The van der Waals surface area contributed by atoms with Crippen molar-refractivity contribution in [3.8, 4) is 0 Å². The van der Waals surface area contributed by atoms with Crippen LogP contribution in [0.5, 0.6) is 0 Å². The fourth-order valence-electron chi connectivity index (χ4n) is 0.663. The van der Waals surface area contributed by atoms with E-state index in [1.807, 2.05) is 0 Å². The molecule has 0 saturated carbocycles. The highest BCUT2D eigenvalue weighted by Gasteiger charge is 2.03. The maximum absolute atomic E-state index is 11.0. The summed E-state index contributed by atoms with van der Waals surface area (Å²) in [6, 6.07) is 1.03. The summed E-state index contributed by atoms with van der Waals surface area (Å²) in [6.45, 7) is 2.04. The average Bonchev–Trinajstić information content (AvgIpc) is 2.16. The number of rotatable bonds is 6. The average molecular weight is 218 g/mol. The van der Waals surface area contributed by atoms with Crippen molar-refractivity contribution in [2.24, 2.45) is 0 Å². The summed E-state index contributed by atoms with van der Waals surface area (Å²) in [5.74, 6) is -0.367. The Balaban J connectivity index is 3.43. The highest BCUT2D eigenvalue weighted by molar-refractivity contribution is 7.78. The molecule has 0 spiro atoms. The van der Waals surface area contributed by atoms with Crippen LogP contribution in [0.1, 0.15) is 13.3 Å². The van der Waals surface area contributed by atoms with Gasteiger partial charge in [0.05, 0.1) is 12.2 Å². The number of hydrogen-bond donors (Lipinski definition) is 0. The SMILES string of the molecule is CO[SiH2]CCCOC(=O)C(C)=C=S. The highest BCUT2D eigenvalue weighted by atomic mass is 32.1. The zero-order valence-corrected chi connectivity index (χ0v) is 10.2. The van der Waals surface area contributed by atoms with Crippen LogP contribution in [0.2, 0.25) is 6.04 Å². The molecule has 0 heterocycles. The van der Waals surface area contributed by atoms with Crippen molar-refractivity contribution in [1.29, 1.82) is 0 Å². The Kier molecular flexibility index (Phi) is 7.83. The molecular weight excluding hydrogens is 204 g/mol. The molecule has 74 valence electrons. The van der Waals surface area contributed by atoms with Crippen molar-refractivity contribution in [3.63, 3.8) is 0 Å². The summed E-state index contributed by atoms with van der Waals surface area (Å²) in [5, 5.41) is 2.33. The van der Waals surface area contributed by atoms with Crippen LogP contribution in [0.4, 0.5) is 0 Å². The molecule has 0 aliphatic rings. The Bertz CT molecular complexity index is 211. The number of hydrogen-bond acceptors (Lipinski definition) is 4. The van der Waals surface area contributed by atoms with Crippen LogP contribution < -0.4 is 0 Å². The zero-order valence-electron chi connectivity index (χ0n) is 7.96. The summed E-state index contributed by atoms with van der Waals surface area (Å²) in [6.07, 6.45) is 0.872. The second kappa shape index (κ2) is 8.13. The molecule has 0 aromatic carbocycles. The van der Waals surface area contributed by atoms with Gasteiger partial charge in [-0.3, -0.25) is 0 Å². The lowest BCUT2D eigenvalue weighted by molar-refractivity contribution is -0.138. The third-order valence-corrected chi connectivity index (χ3v) is 2.94. The van der Waals surface area contributed by atoms with E-state index in [2.05, 4.69) is 17.2 Å². The number of ether oxygens (including phenoxy) is 1. The van der Waals surface area contributed by atoms with Gasteiger partial charge >= 0.3 is 5.97 Å². The first-order valence-corrected chi connectivity index (χ1v) is 6.08. The maximum atomic E-state index is 11.0. The predicted molar refractivity (Wildman–Crippen MR) is 57.7 cm³/mol. The molecule has 0 N–H and O–H groups in total. The molecule has 0 rings (SSSR count). The largest absolute Gasteiger partial charge is 0.462 e. The van der Waals surface area contributed by atoms with Gasteiger partial charge in [0.2, 0.25) is 0 Å². The Morgan fingerprint density at radius 2 is 2.31 bits per heavy atom. The molecule has 0 fully saturated rings. The molecule has 0 aliphatic carbocycles. The van der Waals surface area contributed by atoms with Gasteiger partial charge in [-0.1, -0.05) is 0 Å². The number of carbonyl (C=O) groups is 1. The lowest BCUT2D eigenvalue weighted by Gasteiger charge is -2.02. The molecule has 5 heteroatoms. The van der Waals surface area contributed by atoms with Gasteiger partial charge in [-0.15, -0.1) is 0 Å². The number of esters is 1. The summed E-state index contributed by atoms with van der Waals surface area (Å²) >= 11 is 4.47. The van der Waals surface area contributed by atoms with Gasteiger partial charge in [0, 0.05) is 7.11 Å². The van der Waals surface area contributed by atoms with Gasteiger partial charge in [-0.25, -0.2) is 4.79 Å². The Labute approximate surface area is 86.0 Å². The van der Waals surface area contributed by atoms with E-state index in [4.69, 9.17) is 9.16 Å². The van der Waals surface area contributed by atoms with E-state index < -0.39 is 0 Å². The lowest BCUT2D eigenvalue weighted by atomic mass is 10.4. The molecular formula is C8H14O3SSi. The zero-order chi connectivity index (χ0) is 10.1. The molecule has 0 amide bonds. The first-order valence-electron chi connectivity index (χ1n) is 4.10. The molecule has 0 unspecified atom stereocenters. The van der Waals surface area contributed by atoms with Crippen molar-refractivity contribution in [2.75, 3.05) is 13.7 Å². The smallest absolute Gasteiger partial charge is 0.342 e. The highest BCUT2D eigenvalue weighted by Crippen LogP contribution is 1.95. The maximum Gasteiger partial charge on any atom is 0.342 e. The first kappa shape index (κ1) is 12.5. The minimum absolute atomic E-state index is 0.360. The molecule has 0 atom stereocenters. The molecule has 3 nitrogen and oxygen atoms in total. The van der Waals surface area contributed by atoms with Crippen molar-refractivity contribution in [3.05, 3.63) is 5.57 Å². The summed E-state index contributed by atoms with van der Waals surface area (Å²) in [5.41, 5.74) is 0.360. The predicted octanol–water partition coefficient (Wildman–Crippen LogP) is 0.613. The minimum atomic E-state index is -0.382. The lowest BCUT2D eigenvalue weighted by Crippen LogP contribution is -2.08. The van der Waals surface area contributed by atoms with Crippen molar-refractivity contribution in [1.82, 2.24) is 0 Å². The minimum Gasteiger partial charge on any atom is -0.462 e. The molecule has 13 heavy (non-hydrogen) atoms. The van der Waals surface area contributed by atoms with Crippen LogP contribution in [0.15, 0.2) is 5.57 Å². The first-order chi connectivity index (χ1) is 6.22. The van der Waals surface area contributed by atoms with E-state index in [1.54, 1.807) is 14.0 Å². The van der Waals surface area contributed by atoms with E-state index in [0.29, 0.717) is 12.2 Å². The summed E-state index contributed by atoms with van der Waals surface area (Å²) < 4.78 is 9.88. The van der Waals surface area contributed by atoms with Crippen molar-refractivity contribution >= 4 is 33.0 Å². The third kappa shape index (κ3) is 6.66. The Morgan fingerprint density at radius 1 is 1.62 bits per heavy atom. The van der Waals surface area contributed by atoms with Crippen LogP contribution >= 0.6 is 12.2 Å². The quantitative estimate of drug-likeness (QED) is 0.215. The second-order valence-electron chi connectivity index (χ2n) is 2.56. The van der Waals surface area contributed by atoms with Gasteiger partial charge < -0.3 is 9.16 Å². The van der Waals surface area contributed by atoms with Gasteiger partial charge in [0.25, 0.3) is 0 Å². The monoisotopic (exact) mass is 218 g/mol. The van der Waals surface area contributed by atoms with Crippen LogP contribution in [0, 0.1) is 0 Å². The van der Waals surface area contributed by atoms with E-state index in [-0.39, 0.29) is 15.7 Å². The van der Waals surface area contributed by atoms with E-state index in [1.165, 1.54) is 0 Å². The van der Waals surface area contributed by atoms with E-state index in [0.717, 1.165) is 12.5 Å². The summed E-state index contributed by atoms with van der Waals surface area (Å²) in [4.78, 5) is 11.0. The van der Waals surface area contributed by atoms with Gasteiger partial charge in [-0.2, -0.15) is 0 Å². The molecule has 0 radical (unpaired) electrons. The standard InChI is InChI=1S/C8H14O3SSi/c1-7(6-12)8(9)11-4-3-5-13-10-2/h3-5,13H2,1-2H3. The van der Waals surface area contributed by atoms with Crippen LogP contribution in [-0.4, -0.2) is 34.5 Å². The topological polar surface area (TPSA) is 35.5 Å². The Hall–Kier alpha value is -0.483. The second-order valence-corrected chi connectivity index (χ2v) is 4.46. The van der Waals surface area contributed by atoms with Crippen molar-refractivity contribution < 1.29 is 14.0 Å². The van der Waals surface area contributed by atoms with Crippen LogP contribution in [0.3, 0.4) is 0 Å². The van der Waals surface area contributed by atoms with E-state index >= 15 is 0 Å². The fourth-order valence-corrected chi connectivity index (χ4v) is 1.44. The Morgan fingerprint density at radius 3 is 2.85 bits per heavy atom. The number of thiocarbonyl (C=S) groups is 1. The fraction of sp³-hybridized carbons (Fsp3) is 0.625. The summed E-state index contributed by atoms with van der Waals surface area (Å²) in [7, 11) is 1.32. The van der Waals surface area contributed by atoms with Gasteiger partial charge in [-0.05, 0) is 36.6 Å². The molecule has 0 aromatic rings. The molecule has 0 bridgehead atoms. The number of carbonyl (C=O) groups excluding carboxylic acids is 1. The third-order valence-electron chi connectivity index (χ3n) is 1.44. The van der Waals surface area contributed by atoms with E-state index in [9.17, 15) is 4.79 Å². The molecule has 0 aliphatic heterocycles.